The molecule has 0 amide bonds. The summed E-state index contributed by atoms with van der Waals surface area (Å²) in [7, 11) is 2.15. The van der Waals surface area contributed by atoms with Crippen molar-refractivity contribution in [3.8, 4) is 0 Å². The molecule has 0 aliphatic heterocycles. The van der Waals surface area contributed by atoms with Gasteiger partial charge in [0.1, 0.15) is 0 Å². The second kappa shape index (κ2) is 6.65. The van der Waals surface area contributed by atoms with E-state index >= 15 is 0 Å². The van der Waals surface area contributed by atoms with Gasteiger partial charge < -0.3 is 10.2 Å². The topological polar surface area (TPSA) is 15.3 Å². The Bertz CT molecular complexity index is 314. The number of hydrogen-bond donors (Lipinski definition) is 1. The molecule has 0 heterocycles. The van der Waals surface area contributed by atoms with Crippen molar-refractivity contribution < 1.29 is 0 Å². The molecule has 1 N–H and O–H groups in total. The van der Waals surface area contributed by atoms with Crippen molar-refractivity contribution in [2.24, 2.45) is 5.92 Å². The largest absolute Gasteiger partial charge is 0.374 e. The van der Waals surface area contributed by atoms with Crippen LogP contribution in [0.15, 0.2) is 24.3 Å². The Balaban J connectivity index is 2.55. The van der Waals surface area contributed by atoms with Crippen molar-refractivity contribution in [2.75, 3.05) is 18.5 Å². The number of anilines is 1. The monoisotopic (exact) mass is 234 g/mol. The van der Waals surface area contributed by atoms with Crippen molar-refractivity contribution >= 4 is 5.69 Å². The van der Waals surface area contributed by atoms with Crippen LogP contribution < -0.4 is 10.2 Å². The molecule has 1 aromatic carbocycles. The third kappa shape index (κ3) is 5.22. The summed E-state index contributed by atoms with van der Waals surface area (Å²) < 4.78 is 0. The van der Waals surface area contributed by atoms with Gasteiger partial charge in [0.15, 0.2) is 0 Å². The van der Waals surface area contributed by atoms with Crippen LogP contribution in [0.1, 0.15) is 33.3 Å². The van der Waals surface area contributed by atoms with Gasteiger partial charge in [0.25, 0.3) is 0 Å². The highest BCUT2D eigenvalue weighted by molar-refractivity contribution is 5.46. The summed E-state index contributed by atoms with van der Waals surface area (Å²) in [5.41, 5.74) is 2.65. The van der Waals surface area contributed by atoms with Crippen LogP contribution in [0.3, 0.4) is 0 Å². The summed E-state index contributed by atoms with van der Waals surface area (Å²) in [4.78, 5) is 2.31. The van der Waals surface area contributed by atoms with Crippen molar-refractivity contribution in [3.63, 3.8) is 0 Å². The number of nitrogens with one attached hydrogen (secondary N) is 1. The Morgan fingerprint density at radius 2 is 1.65 bits per heavy atom. The van der Waals surface area contributed by atoms with Crippen LogP contribution in [0.2, 0.25) is 0 Å². The Morgan fingerprint density at radius 1 is 1.06 bits per heavy atom. The SMILES string of the molecule is CC(C)CN(C)c1ccc(CNC(C)C)cc1. The van der Waals surface area contributed by atoms with Crippen LogP contribution >= 0.6 is 0 Å². The van der Waals surface area contributed by atoms with Gasteiger partial charge in [-0.25, -0.2) is 0 Å². The van der Waals surface area contributed by atoms with Crippen LogP contribution in [0.4, 0.5) is 5.69 Å². The van der Waals surface area contributed by atoms with Crippen LogP contribution in [-0.4, -0.2) is 19.6 Å². The van der Waals surface area contributed by atoms with E-state index in [1.165, 1.54) is 11.3 Å². The zero-order chi connectivity index (χ0) is 12.8. The van der Waals surface area contributed by atoms with E-state index in [9.17, 15) is 0 Å². The van der Waals surface area contributed by atoms with Gasteiger partial charge in [-0.1, -0.05) is 39.8 Å². The van der Waals surface area contributed by atoms with Gasteiger partial charge in [0.05, 0.1) is 0 Å². The lowest BCUT2D eigenvalue weighted by molar-refractivity contribution is 0.589. The van der Waals surface area contributed by atoms with Gasteiger partial charge in [-0.15, -0.1) is 0 Å². The quantitative estimate of drug-likeness (QED) is 0.812. The molecule has 0 atom stereocenters. The maximum absolute atomic E-state index is 3.43. The predicted octanol–water partition coefficient (Wildman–Crippen LogP) is 3.28. The molecule has 0 unspecified atom stereocenters. The van der Waals surface area contributed by atoms with E-state index in [0.29, 0.717) is 12.0 Å². The number of nitrogens with zero attached hydrogens (tertiary/aromatic N) is 1. The number of benzene rings is 1. The highest BCUT2D eigenvalue weighted by Gasteiger charge is 2.03. The first-order valence-corrected chi connectivity index (χ1v) is 6.52. The maximum atomic E-state index is 3.43. The molecule has 1 aromatic rings. The minimum absolute atomic E-state index is 0.540. The smallest absolute Gasteiger partial charge is 0.0363 e. The van der Waals surface area contributed by atoms with Crippen molar-refractivity contribution in [1.29, 1.82) is 0 Å². The van der Waals surface area contributed by atoms with E-state index in [2.05, 4.69) is 69.2 Å². The number of hydrogen-bond acceptors (Lipinski definition) is 2. The molecule has 0 aliphatic rings. The Labute approximate surface area is 106 Å². The summed E-state index contributed by atoms with van der Waals surface area (Å²) in [6.45, 7) is 10.9. The fourth-order valence-corrected chi connectivity index (χ4v) is 1.84. The summed E-state index contributed by atoms with van der Waals surface area (Å²) >= 11 is 0. The third-order valence-corrected chi connectivity index (χ3v) is 2.73. The number of rotatable bonds is 6. The highest BCUT2D eigenvalue weighted by atomic mass is 15.1. The second-order valence-electron chi connectivity index (χ2n) is 5.48. The molecule has 0 aliphatic carbocycles. The fourth-order valence-electron chi connectivity index (χ4n) is 1.84. The summed E-state index contributed by atoms with van der Waals surface area (Å²) in [6.07, 6.45) is 0. The molecule has 0 radical (unpaired) electrons. The van der Waals surface area contributed by atoms with Crippen molar-refractivity contribution in [2.45, 2.75) is 40.3 Å². The highest BCUT2D eigenvalue weighted by Crippen LogP contribution is 2.15. The van der Waals surface area contributed by atoms with Gasteiger partial charge in [0.2, 0.25) is 0 Å². The molecule has 17 heavy (non-hydrogen) atoms. The molecule has 0 saturated heterocycles. The van der Waals surface area contributed by atoms with Crippen molar-refractivity contribution in [3.05, 3.63) is 29.8 Å². The minimum atomic E-state index is 0.540. The lowest BCUT2D eigenvalue weighted by Crippen LogP contribution is -2.23. The summed E-state index contributed by atoms with van der Waals surface area (Å²) in [5.74, 6) is 0.697. The second-order valence-corrected chi connectivity index (χ2v) is 5.48. The summed E-state index contributed by atoms with van der Waals surface area (Å²) in [5, 5.41) is 3.43. The first kappa shape index (κ1) is 14.0. The van der Waals surface area contributed by atoms with Crippen LogP contribution in [0.25, 0.3) is 0 Å². The molecule has 96 valence electrons. The minimum Gasteiger partial charge on any atom is -0.374 e. The molecule has 2 heteroatoms. The van der Waals surface area contributed by atoms with Crippen molar-refractivity contribution in [1.82, 2.24) is 5.32 Å². The molecular weight excluding hydrogens is 208 g/mol. The average molecular weight is 234 g/mol. The lowest BCUT2D eigenvalue weighted by atomic mass is 10.1. The molecule has 0 bridgehead atoms. The van der Waals surface area contributed by atoms with Gasteiger partial charge >= 0.3 is 0 Å². The Hall–Kier alpha value is -1.02. The maximum Gasteiger partial charge on any atom is 0.0363 e. The normalized spacial score (nSPS) is 11.2. The molecule has 0 aromatic heterocycles. The van der Waals surface area contributed by atoms with Gasteiger partial charge in [-0.05, 0) is 23.6 Å². The van der Waals surface area contributed by atoms with Gasteiger partial charge in [-0.3, -0.25) is 0 Å². The standard InChI is InChI=1S/C15H26N2/c1-12(2)11-17(5)15-8-6-14(7-9-15)10-16-13(3)4/h6-9,12-13,16H,10-11H2,1-5H3. The molecule has 1 rings (SSSR count). The van der Waals surface area contributed by atoms with Crippen LogP contribution in [-0.2, 0) is 6.54 Å². The first-order valence-electron chi connectivity index (χ1n) is 6.52. The van der Waals surface area contributed by atoms with E-state index in [0.717, 1.165) is 13.1 Å². The molecule has 0 spiro atoms. The van der Waals surface area contributed by atoms with Gasteiger partial charge in [-0.2, -0.15) is 0 Å². The molecule has 0 saturated carbocycles. The van der Waals surface area contributed by atoms with E-state index in [1.54, 1.807) is 0 Å². The average Bonchev–Trinajstić information content (AvgIpc) is 2.26. The summed E-state index contributed by atoms with van der Waals surface area (Å²) in [6, 6.07) is 9.38. The first-order chi connectivity index (χ1) is 7.99. The van der Waals surface area contributed by atoms with E-state index in [1.807, 2.05) is 0 Å². The Morgan fingerprint density at radius 3 is 2.12 bits per heavy atom. The zero-order valence-electron chi connectivity index (χ0n) is 11.8. The lowest BCUT2D eigenvalue weighted by Gasteiger charge is -2.21. The molecular formula is C15H26N2. The fraction of sp³-hybridized carbons (Fsp3) is 0.600. The zero-order valence-corrected chi connectivity index (χ0v) is 11.8. The third-order valence-electron chi connectivity index (χ3n) is 2.73. The molecule has 0 fully saturated rings. The van der Waals surface area contributed by atoms with E-state index in [4.69, 9.17) is 0 Å². The van der Waals surface area contributed by atoms with Gasteiger partial charge in [0, 0.05) is 31.9 Å². The van der Waals surface area contributed by atoms with Crippen LogP contribution in [0.5, 0.6) is 0 Å². The van der Waals surface area contributed by atoms with E-state index < -0.39 is 0 Å². The molecule has 2 nitrogen and oxygen atoms in total. The Kier molecular flexibility index (Phi) is 5.49. The van der Waals surface area contributed by atoms with Crippen LogP contribution in [0, 0.1) is 5.92 Å². The van der Waals surface area contributed by atoms with E-state index in [-0.39, 0.29) is 0 Å². The predicted molar refractivity (Wildman–Crippen MR) is 76.5 cm³/mol.